The summed E-state index contributed by atoms with van der Waals surface area (Å²) in [6, 6.07) is 9.38. The first-order valence-electron chi connectivity index (χ1n) is 4.56. The van der Waals surface area contributed by atoms with E-state index in [0.29, 0.717) is 11.1 Å². The van der Waals surface area contributed by atoms with Crippen LogP contribution >= 0.6 is 0 Å². The Morgan fingerprint density at radius 3 is 2.69 bits per heavy atom. The van der Waals surface area contributed by atoms with Gasteiger partial charge in [-0.15, -0.1) is 0 Å². The second kappa shape index (κ2) is 3.99. The minimum absolute atomic E-state index is 0.0495. The lowest BCUT2D eigenvalue weighted by molar-refractivity contribution is 0.477. The summed E-state index contributed by atoms with van der Waals surface area (Å²) >= 11 is 0. The van der Waals surface area contributed by atoms with Gasteiger partial charge in [-0.2, -0.15) is 5.26 Å². The van der Waals surface area contributed by atoms with Crippen molar-refractivity contribution in [3.63, 3.8) is 0 Å². The van der Waals surface area contributed by atoms with Crippen molar-refractivity contribution in [1.29, 1.82) is 5.26 Å². The van der Waals surface area contributed by atoms with E-state index in [1.165, 1.54) is 18.3 Å². The molecule has 0 bridgehead atoms. The molecule has 0 saturated carbocycles. The molecule has 78 valence electrons. The molecule has 1 heterocycles. The number of hydrogen-bond acceptors (Lipinski definition) is 3. The molecule has 0 unspecified atom stereocenters. The van der Waals surface area contributed by atoms with E-state index in [2.05, 4.69) is 4.98 Å². The molecule has 0 aliphatic rings. The van der Waals surface area contributed by atoms with Crippen LogP contribution in [0.4, 0.5) is 4.39 Å². The summed E-state index contributed by atoms with van der Waals surface area (Å²) in [7, 11) is 0. The molecule has 2 aromatic rings. The second-order valence-corrected chi connectivity index (χ2v) is 3.18. The van der Waals surface area contributed by atoms with Gasteiger partial charge in [0, 0.05) is 17.3 Å². The SMILES string of the molecule is N#Cc1ncc(-c2ccccc2O)cc1F. The average molecular weight is 214 g/mol. The Morgan fingerprint density at radius 2 is 2.06 bits per heavy atom. The number of aromatic nitrogens is 1. The minimum Gasteiger partial charge on any atom is -0.507 e. The Bertz CT molecular complexity index is 575. The highest BCUT2D eigenvalue weighted by molar-refractivity contribution is 5.69. The Hall–Kier alpha value is -2.41. The summed E-state index contributed by atoms with van der Waals surface area (Å²) in [4.78, 5) is 3.67. The molecule has 0 amide bonds. The van der Waals surface area contributed by atoms with Crippen LogP contribution in [0.15, 0.2) is 36.5 Å². The number of nitrogens with zero attached hydrogens (tertiary/aromatic N) is 2. The zero-order valence-electron chi connectivity index (χ0n) is 8.18. The molecule has 1 aromatic carbocycles. The van der Waals surface area contributed by atoms with Crippen LogP contribution in [-0.2, 0) is 0 Å². The van der Waals surface area contributed by atoms with E-state index >= 15 is 0 Å². The van der Waals surface area contributed by atoms with E-state index in [-0.39, 0.29) is 11.4 Å². The Kier molecular flexibility index (Phi) is 2.52. The van der Waals surface area contributed by atoms with E-state index < -0.39 is 5.82 Å². The molecule has 0 spiro atoms. The lowest BCUT2D eigenvalue weighted by atomic mass is 10.1. The molecule has 0 aliphatic heterocycles. The van der Waals surface area contributed by atoms with Crippen molar-refractivity contribution < 1.29 is 9.50 Å². The smallest absolute Gasteiger partial charge is 0.176 e. The normalized spacial score (nSPS) is 9.75. The molecule has 0 saturated heterocycles. The molecular weight excluding hydrogens is 207 g/mol. The average Bonchev–Trinajstić information content (AvgIpc) is 2.29. The molecule has 16 heavy (non-hydrogen) atoms. The highest BCUT2D eigenvalue weighted by Crippen LogP contribution is 2.28. The highest BCUT2D eigenvalue weighted by atomic mass is 19.1. The third-order valence-corrected chi connectivity index (χ3v) is 2.16. The number of phenols is 1. The Labute approximate surface area is 91.4 Å². The van der Waals surface area contributed by atoms with Gasteiger partial charge in [-0.1, -0.05) is 18.2 Å². The minimum atomic E-state index is -0.691. The van der Waals surface area contributed by atoms with E-state index in [4.69, 9.17) is 5.26 Å². The second-order valence-electron chi connectivity index (χ2n) is 3.18. The molecule has 0 radical (unpaired) electrons. The van der Waals surface area contributed by atoms with Crippen molar-refractivity contribution in [2.75, 3.05) is 0 Å². The van der Waals surface area contributed by atoms with Gasteiger partial charge in [0.05, 0.1) is 0 Å². The summed E-state index contributed by atoms with van der Waals surface area (Å²) < 4.78 is 13.3. The summed E-state index contributed by atoms with van der Waals surface area (Å²) in [5.41, 5.74) is 0.673. The molecule has 1 aromatic heterocycles. The largest absolute Gasteiger partial charge is 0.507 e. The molecule has 1 N–H and O–H groups in total. The number of phenolic OH excluding ortho intramolecular Hbond substituents is 1. The predicted octanol–water partition coefficient (Wildman–Crippen LogP) is 2.46. The van der Waals surface area contributed by atoms with Gasteiger partial charge in [0.2, 0.25) is 0 Å². The van der Waals surface area contributed by atoms with Gasteiger partial charge in [0.15, 0.2) is 11.5 Å². The van der Waals surface area contributed by atoms with Gasteiger partial charge in [0.1, 0.15) is 11.8 Å². The highest BCUT2D eigenvalue weighted by Gasteiger charge is 2.08. The van der Waals surface area contributed by atoms with Gasteiger partial charge in [-0.05, 0) is 12.1 Å². The number of benzene rings is 1. The van der Waals surface area contributed by atoms with Crippen molar-refractivity contribution >= 4 is 0 Å². The summed E-state index contributed by atoms with van der Waals surface area (Å²) in [5.74, 6) is -0.642. The lowest BCUT2D eigenvalue weighted by Crippen LogP contribution is -1.90. The van der Waals surface area contributed by atoms with Crippen molar-refractivity contribution in [1.82, 2.24) is 4.98 Å². The zero-order chi connectivity index (χ0) is 11.5. The topological polar surface area (TPSA) is 56.9 Å². The van der Waals surface area contributed by atoms with Crippen molar-refractivity contribution in [2.45, 2.75) is 0 Å². The van der Waals surface area contributed by atoms with Gasteiger partial charge < -0.3 is 5.11 Å². The lowest BCUT2D eigenvalue weighted by Gasteiger charge is -2.04. The van der Waals surface area contributed by atoms with Crippen LogP contribution in [0.1, 0.15) is 5.69 Å². The maximum atomic E-state index is 13.3. The van der Waals surface area contributed by atoms with Crippen LogP contribution in [-0.4, -0.2) is 10.1 Å². The zero-order valence-corrected chi connectivity index (χ0v) is 8.18. The molecule has 2 rings (SSSR count). The maximum Gasteiger partial charge on any atom is 0.176 e. The van der Waals surface area contributed by atoms with E-state index in [1.807, 2.05) is 0 Å². The number of para-hydroxylation sites is 1. The van der Waals surface area contributed by atoms with Gasteiger partial charge in [0.25, 0.3) is 0 Å². The maximum absolute atomic E-state index is 13.3. The summed E-state index contributed by atoms with van der Waals surface area (Å²) in [5, 5.41) is 18.1. The first kappa shape index (κ1) is 10.1. The number of halogens is 1. The number of rotatable bonds is 1. The van der Waals surface area contributed by atoms with Crippen molar-refractivity contribution in [3.05, 3.63) is 48.0 Å². The molecule has 3 nitrogen and oxygen atoms in total. The number of nitriles is 1. The molecule has 4 heteroatoms. The fraction of sp³-hybridized carbons (Fsp3) is 0. The van der Waals surface area contributed by atoms with Crippen LogP contribution < -0.4 is 0 Å². The molecule has 0 atom stereocenters. The molecule has 0 aliphatic carbocycles. The van der Waals surface area contributed by atoms with E-state index in [0.717, 1.165) is 0 Å². The Morgan fingerprint density at radius 1 is 1.31 bits per heavy atom. The Balaban J connectivity index is 2.55. The predicted molar refractivity (Wildman–Crippen MR) is 56.0 cm³/mol. The summed E-state index contributed by atoms with van der Waals surface area (Å²) in [6.45, 7) is 0. The monoisotopic (exact) mass is 214 g/mol. The van der Waals surface area contributed by atoms with Crippen LogP contribution in [0.3, 0.4) is 0 Å². The first-order valence-corrected chi connectivity index (χ1v) is 4.56. The summed E-state index contributed by atoms with van der Waals surface area (Å²) in [6.07, 6.45) is 1.36. The van der Waals surface area contributed by atoms with Gasteiger partial charge >= 0.3 is 0 Å². The van der Waals surface area contributed by atoms with Crippen LogP contribution in [0.5, 0.6) is 5.75 Å². The third kappa shape index (κ3) is 1.71. The van der Waals surface area contributed by atoms with Crippen molar-refractivity contribution in [2.24, 2.45) is 0 Å². The quantitative estimate of drug-likeness (QED) is 0.793. The molecular formula is C12H7FN2O. The number of pyridine rings is 1. The molecule has 0 fully saturated rings. The first-order chi connectivity index (χ1) is 7.72. The van der Waals surface area contributed by atoms with Gasteiger partial charge in [-0.25, -0.2) is 9.37 Å². The number of hydrogen-bond donors (Lipinski definition) is 1. The van der Waals surface area contributed by atoms with E-state index in [9.17, 15) is 9.50 Å². The van der Waals surface area contributed by atoms with Crippen molar-refractivity contribution in [3.8, 4) is 22.9 Å². The van der Waals surface area contributed by atoms with Gasteiger partial charge in [-0.3, -0.25) is 0 Å². The van der Waals surface area contributed by atoms with Crippen LogP contribution in [0, 0.1) is 17.1 Å². The van der Waals surface area contributed by atoms with E-state index in [1.54, 1.807) is 24.3 Å². The third-order valence-electron chi connectivity index (χ3n) is 2.16. The number of aromatic hydroxyl groups is 1. The fourth-order valence-electron chi connectivity index (χ4n) is 1.39. The van der Waals surface area contributed by atoms with Crippen LogP contribution in [0.25, 0.3) is 11.1 Å². The fourth-order valence-corrected chi connectivity index (χ4v) is 1.39. The standard InChI is InChI=1S/C12H7FN2O/c13-10-5-8(7-15-11(10)6-14)9-3-1-2-4-12(9)16/h1-5,7,16H. The van der Waals surface area contributed by atoms with Crippen LogP contribution in [0.2, 0.25) is 0 Å².